The van der Waals surface area contributed by atoms with Gasteiger partial charge in [0.1, 0.15) is 15.4 Å². The first-order chi connectivity index (χ1) is 15.0. The first-order valence-corrected chi connectivity index (χ1v) is 10.9. The van der Waals surface area contributed by atoms with Crippen LogP contribution in [0.2, 0.25) is 0 Å². The summed E-state index contributed by atoms with van der Waals surface area (Å²) in [5.74, 6) is -3.40. The Labute approximate surface area is 210 Å². The molecule has 0 saturated carbocycles. The number of nitro groups is 1. The molecule has 1 aromatic rings. The normalized spacial score (nSPS) is 15.5. The van der Waals surface area contributed by atoms with Crippen LogP contribution in [0.4, 0.5) is 11.4 Å². The van der Waals surface area contributed by atoms with Crippen LogP contribution in [0.25, 0.3) is 10.4 Å². The number of hydrogen-bond donors (Lipinski definition) is 0. The van der Waals surface area contributed by atoms with Gasteiger partial charge in [-0.3, -0.25) is 19.7 Å². The predicted molar refractivity (Wildman–Crippen MR) is 105 cm³/mol. The fourth-order valence-corrected chi connectivity index (χ4v) is 3.73. The van der Waals surface area contributed by atoms with Crippen molar-refractivity contribution >= 4 is 39.3 Å². The van der Waals surface area contributed by atoms with E-state index in [-0.39, 0.29) is 52.4 Å². The Kier molecular flexibility index (Phi) is 10.9. The van der Waals surface area contributed by atoms with Crippen LogP contribution in [0, 0.1) is 10.1 Å². The van der Waals surface area contributed by atoms with Crippen LogP contribution < -0.4 is 29.6 Å². The third-order valence-corrected chi connectivity index (χ3v) is 5.67. The Hall–Kier alpha value is -2.55. The number of aryl methyl sites for hydroxylation is 1. The van der Waals surface area contributed by atoms with E-state index in [1.54, 1.807) is 0 Å². The van der Waals surface area contributed by atoms with E-state index in [1.807, 2.05) is 0 Å². The summed E-state index contributed by atoms with van der Waals surface area (Å²) in [7, 11) is -5.03. The molecular weight excluding hydrogens is 473 g/mol. The summed E-state index contributed by atoms with van der Waals surface area (Å²) >= 11 is 0. The van der Waals surface area contributed by atoms with Crippen LogP contribution in [-0.2, 0) is 35.8 Å². The minimum Gasteiger partial charge on any atom is -0.747 e. The van der Waals surface area contributed by atoms with Crippen LogP contribution in [-0.4, -0.2) is 46.0 Å². The van der Waals surface area contributed by atoms with Crippen molar-refractivity contribution in [2.75, 3.05) is 0 Å². The van der Waals surface area contributed by atoms with E-state index in [1.165, 1.54) is 18.2 Å². The number of carbonyl (C=O) groups is 3. The van der Waals surface area contributed by atoms with Gasteiger partial charge in [0, 0.05) is 28.6 Å². The standard InChI is InChI=1S/C17H19N5O9S.Na/c18-20-19-12-8-7-11(13(9-12)22(26)27)5-3-1-2-4-6-16(24)31-21-15(23)10-14(17(21)25)32(28,29)30;/h7-9,14H,1-6,10H2,(H,28,29,30);/q;+1/p-1. The van der Waals surface area contributed by atoms with Gasteiger partial charge in [-0.25, -0.2) is 13.2 Å². The summed E-state index contributed by atoms with van der Waals surface area (Å²) in [5, 5.41) is 12.4. The number of rotatable bonds is 11. The minimum atomic E-state index is -5.03. The molecule has 1 aliphatic heterocycles. The van der Waals surface area contributed by atoms with E-state index < -0.39 is 44.5 Å². The molecule has 1 unspecified atom stereocenters. The van der Waals surface area contributed by atoms with Crippen molar-refractivity contribution in [3.05, 3.63) is 44.3 Å². The van der Waals surface area contributed by atoms with E-state index >= 15 is 0 Å². The van der Waals surface area contributed by atoms with Gasteiger partial charge in [0.15, 0.2) is 0 Å². The number of unbranched alkanes of at least 4 members (excludes halogenated alkanes) is 3. The molecule has 0 N–H and O–H groups in total. The number of azide groups is 1. The van der Waals surface area contributed by atoms with Gasteiger partial charge in [-0.15, -0.1) is 5.06 Å². The Balaban J connectivity index is 0.00000544. The zero-order valence-electron chi connectivity index (χ0n) is 17.6. The van der Waals surface area contributed by atoms with Crippen molar-refractivity contribution in [3.8, 4) is 0 Å². The molecule has 1 fully saturated rings. The molecule has 2 rings (SSSR count). The van der Waals surface area contributed by atoms with E-state index in [2.05, 4.69) is 14.9 Å². The van der Waals surface area contributed by atoms with Crippen molar-refractivity contribution in [1.29, 1.82) is 0 Å². The van der Waals surface area contributed by atoms with Crippen molar-refractivity contribution in [3.63, 3.8) is 0 Å². The van der Waals surface area contributed by atoms with Gasteiger partial charge in [-0.1, -0.05) is 30.1 Å². The number of benzene rings is 1. The first-order valence-electron chi connectivity index (χ1n) is 9.39. The second-order valence-electron chi connectivity index (χ2n) is 6.85. The van der Waals surface area contributed by atoms with E-state index in [0.29, 0.717) is 37.7 Å². The van der Waals surface area contributed by atoms with E-state index in [0.717, 1.165) is 0 Å². The average Bonchev–Trinajstić information content (AvgIpc) is 3.00. The second-order valence-corrected chi connectivity index (χ2v) is 8.40. The molecule has 1 heterocycles. The maximum absolute atomic E-state index is 11.8. The second kappa shape index (κ2) is 12.6. The molecule has 1 aliphatic rings. The van der Waals surface area contributed by atoms with Crippen LogP contribution in [0.5, 0.6) is 0 Å². The van der Waals surface area contributed by atoms with Crippen LogP contribution in [0.1, 0.15) is 44.1 Å². The maximum Gasteiger partial charge on any atom is 1.00 e. The van der Waals surface area contributed by atoms with Gasteiger partial charge in [0.2, 0.25) is 0 Å². The molecule has 0 spiro atoms. The Morgan fingerprint density at radius 3 is 2.52 bits per heavy atom. The third-order valence-electron chi connectivity index (χ3n) is 4.61. The van der Waals surface area contributed by atoms with Gasteiger partial charge in [-0.05, 0) is 24.8 Å². The summed E-state index contributed by atoms with van der Waals surface area (Å²) in [4.78, 5) is 53.0. The van der Waals surface area contributed by atoms with Crippen LogP contribution in [0.15, 0.2) is 23.3 Å². The molecule has 1 aromatic carbocycles. The predicted octanol–water partition coefficient (Wildman–Crippen LogP) is -0.835. The monoisotopic (exact) mass is 491 g/mol. The number of nitrogens with zero attached hydrogens (tertiary/aromatic N) is 5. The van der Waals surface area contributed by atoms with Crippen molar-refractivity contribution in [1.82, 2.24) is 5.06 Å². The van der Waals surface area contributed by atoms with Crippen LogP contribution in [0.3, 0.4) is 0 Å². The quantitative estimate of drug-likeness (QED) is 0.0434. The van der Waals surface area contributed by atoms with Gasteiger partial charge in [0.05, 0.1) is 11.3 Å². The van der Waals surface area contributed by atoms with Gasteiger partial charge < -0.3 is 9.39 Å². The van der Waals surface area contributed by atoms with Crippen LogP contribution >= 0.6 is 0 Å². The van der Waals surface area contributed by atoms with Gasteiger partial charge in [0.25, 0.3) is 17.5 Å². The number of hydroxylamine groups is 2. The molecule has 33 heavy (non-hydrogen) atoms. The average molecular weight is 491 g/mol. The fraction of sp³-hybridized carbons (Fsp3) is 0.471. The number of nitro benzene ring substituents is 1. The number of amides is 2. The molecule has 1 saturated heterocycles. The minimum absolute atomic E-state index is 0. The number of imide groups is 1. The van der Waals surface area contributed by atoms with Gasteiger partial charge >= 0.3 is 35.5 Å². The summed E-state index contributed by atoms with van der Waals surface area (Å²) in [6.07, 6.45) is 1.42. The number of hydrogen-bond acceptors (Lipinski definition) is 10. The van der Waals surface area contributed by atoms with Gasteiger partial charge in [-0.2, -0.15) is 0 Å². The SMILES string of the molecule is [N-]=[N+]=Nc1ccc(CCCCCCC(=O)ON2C(=O)CC(S(=O)(=O)[O-])C2=O)c([N+](=O)[O-])c1.[Na+]. The molecule has 14 nitrogen and oxygen atoms in total. The van der Waals surface area contributed by atoms with E-state index in [4.69, 9.17) is 5.53 Å². The Morgan fingerprint density at radius 2 is 1.94 bits per heavy atom. The third kappa shape index (κ3) is 8.07. The molecule has 0 radical (unpaired) electrons. The molecule has 172 valence electrons. The smallest absolute Gasteiger partial charge is 0.747 e. The summed E-state index contributed by atoms with van der Waals surface area (Å²) in [6, 6.07) is 4.18. The zero-order chi connectivity index (χ0) is 23.9. The molecule has 2 amide bonds. The summed E-state index contributed by atoms with van der Waals surface area (Å²) in [5.41, 5.74) is 8.87. The van der Waals surface area contributed by atoms with Crippen molar-refractivity contribution < 1.29 is 66.7 Å². The van der Waals surface area contributed by atoms with Crippen molar-refractivity contribution in [2.45, 2.75) is 50.2 Å². The largest absolute Gasteiger partial charge is 1.00 e. The number of carbonyl (C=O) groups excluding carboxylic acids is 3. The fourth-order valence-electron chi connectivity index (χ4n) is 3.04. The first kappa shape index (κ1) is 28.5. The Bertz CT molecular complexity index is 1090. The molecular formula is C17H18N5NaO9S. The summed E-state index contributed by atoms with van der Waals surface area (Å²) < 4.78 is 32.8. The van der Waals surface area contributed by atoms with Crippen molar-refractivity contribution in [2.24, 2.45) is 5.11 Å². The molecule has 0 aromatic heterocycles. The maximum atomic E-state index is 11.8. The molecule has 1 atom stereocenters. The molecule has 0 aliphatic carbocycles. The Morgan fingerprint density at radius 1 is 1.27 bits per heavy atom. The van der Waals surface area contributed by atoms with E-state index in [9.17, 15) is 37.5 Å². The summed E-state index contributed by atoms with van der Waals surface area (Å²) in [6.45, 7) is 0. The zero-order valence-corrected chi connectivity index (χ0v) is 20.4. The molecule has 16 heteroatoms. The topological polar surface area (TPSA) is 213 Å². The molecule has 0 bridgehead atoms.